The number of ether oxygens (including phenoxy) is 2. The second-order valence-electron chi connectivity index (χ2n) is 7.98. The van der Waals surface area contributed by atoms with Gasteiger partial charge in [0.1, 0.15) is 11.5 Å². The third-order valence-electron chi connectivity index (χ3n) is 5.58. The molecule has 1 aromatic carbocycles. The standard InChI is InChI=1S/C23H29N7O3/c1-15-16(2)25-19-13-17(5-6-18(19)24-15)26-22(31)20-14-21(29(3)7-10-32-4)28-23(27-20)30-8-11-33-12-9-30/h5-6,13-14H,7-12H2,1-4H3,(H,26,31). The number of fused-ring (bicyclic) bond motifs is 1. The van der Waals surface area contributed by atoms with Gasteiger partial charge in [0.15, 0.2) is 0 Å². The smallest absolute Gasteiger partial charge is 0.274 e. The van der Waals surface area contributed by atoms with Crippen molar-refractivity contribution in [1.82, 2.24) is 19.9 Å². The number of hydrogen-bond acceptors (Lipinski definition) is 9. The zero-order chi connectivity index (χ0) is 23.4. The first-order chi connectivity index (χ1) is 15.9. The Labute approximate surface area is 193 Å². The van der Waals surface area contributed by atoms with Gasteiger partial charge in [0.2, 0.25) is 5.95 Å². The maximum atomic E-state index is 13.2. The van der Waals surface area contributed by atoms with Crippen LogP contribution in [0.15, 0.2) is 24.3 Å². The summed E-state index contributed by atoms with van der Waals surface area (Å²) >= 11 is 0. The van der Waals surface area contributed by atoms with Crippen molar-refractivity contribution >= 4 is 34.4 Å². The second-order valence-corrected chi connectivity index (χ2v) is 7.98. The van der Waals surface area contributed by atoms with Crippen LogP contribution >= 0.6 is 0 Å². The fourth-order valence-corrected chi connectivity index (χ4v) is 3.49. The number of aromatic nitrogens is 4. The number of carbonyl (C=O) groups is 1. The van der Waals surface area contributed by atoms with Gasteiger partial charge in [-0.05, 0) is 32.0 Å². The molecule has 1 aliphatic rings. The van der Waals surface area contributed by atoms with Gasteiger partial charge in [-0.2, -0.15) is 4.98 Å². The van der Waals surface area contributed by atoms with Crippen LogP contribution in [0, 0.1) is 13.8 Å². The first kappa shape index (κ1) is 22.8. The molecule has 1 amide bonds. The Bertz CT molecular complexity index is 1150. The molecule has 0 bridgehead atoms. The molecule has 10 nitrogen and oxygen atoms in total. The molecule has 174 valence electrons. The number of aryl methyl sites for hydroxylation is 2. The first-order valence-corrected chi connectivity index (χ1v) is 10.9. The van der Waals surface area contributed by atoms with Crippen LogP contribution in [0.5, 0.6) is 0 Å². The van der Waals surface area contributed by atoms with Crippen LogP contribution in [-0.2, 0) is 9.47 Å². The summed E-state index contributed by atoms with van der Waals surface area (Å²) in [6.45, 7) is 7.59. The molecular formula is C23H29N7O3. The van der Waals surface area contributed by atoms with E-state index < -0.39 is 0 Å². The van der Waals surface area contributed by atoms with Crippen LogP contribution in [0.2, 0.25) is 0 Å². The summed E-state index contributed by atoms with van der Waals surface area (Å²) in [6, 6.07) is 7.19. The Morgan fingerprint density at radius 2 is 1.82 bits per heavy atom. The monoisotopic (exact) mass is 451 g/mol. The van der Waals surface area contributed by atoms with Gasteiger partial charge in [-0.1, -0.05) is 0 Å². The predicted molar refractivity (Wildman–Crippen MR) is 127 cm³/mol. The quantitative estimate of drug-likeness (QED) is 0.579. The minimum Gasteiger partial charge on any atom is -0.383 e. The average Bonchev–Trinajstić information content (AvgIpc) is 2.83. The van der Waals surface area contributed by atoms with E-state index in [4.69, 9.17) is 9.47 Å². The van der Waals surface area contributed by atoms with Crippen molar-refractivity contribution < 1.29 is 14.3 Å². The van der Waals surface area contributed by atoms with Gasteiger partial charge in [-0.3, -0.25) is 4.79 Å². The van der Waals surface area contributed by atoms with Gasteiger partial charge < -0.3 is 24.6 Å². The molecule has 0 spiro atoms. The van der Waals surface area contributed by atoms with Crippen molar-refractivity contribution in [3.63, 3.8) is 0 Å². The summed E-state index contributed by atoms with van der Waals surface area (Å²) in [5, 5.41) is 2.94. The van der Waals surface area contributed by atoms with E-state index in [0.717, 1.165) is 22.4 Å². The number of hydrogen-bond donors (Lipinski definition) is 1. The Morgan fingerprint density at radius 3 is 2.55 bits per heavy atom. The Balaban J connectivity index is 1.62. The predicted octanol–water partition coefficient (Wildman–Crippen LogP) is 2.21. The number of anilines is 3. The van der Waals surface area contributed by atoms with Gasteiger partial charge in [-0.25, -0.2) is 15.0 Å². The Hall–Kier alpha value is -3.37. The average molecular weight is 452 g/mol. The molecule has 1 saturated heterocycles. The van der Waals surface area contributed by atoms with Gasteiger partial charge in [0.25, 0.3) is 5.91 Å². The molecule has 0 aliphatic carbocycles. The molecule has 3 aromatic rings. The topological polar surface area (TPSA) is 106 Å². The Kier molecular flexibility index (Phi) is 6.95. The normalized spacial score (nSPS) is 13.9. The maximum Gasteiger partial charge on any atom is 0.274 e. The molecular weight excluding hydrogens is 422 g/mol. The zero-order valence-corrected chi connectivity index (χ0v) is 19.5. The van der Waals surface area contributed by atoms with Crippen LogP contribution in [-0.4, -0.2) is 79.5 Å². The molecule has 1 fully saturated rings. The molecule has 1 N–H and O–H groups in total. The van der Waals surface area contributed by atoms with Gasteiger partial charge in [0, 0.05) is 45.5 Å². The SMILES string of the molecule is COCCN(C)c1cc(C(=O)Nc2ccc3nc(C)c(C)nc3c2)nc(N2CCOCC2)n1. The van der Waals surface area contributed by atoms with Crippen molar-refractivity contribution in [3.8, 4) is 0 Å². The van der Waals surface area contributed by atoms with Crippen molar-refractivity contribution in [2.45, 2.75) is 13.8 Å². The van der Waals surface area contributed by atoms with E-state index in [2.05, 4.69) is 25.3 Å². The van der Waals surface area contributed by atoms with E-state index in [1.54, 1.807) is 13.2 Å². The molecule has 0 unspecified atom stereocenters. The number of methoxy groups -OCH3 is 1. The number of carbonyl (C=O) groups excluding carboxylic acids is 1. The lowest BCUT2D eigenvalue weighted by Gasteiger charge is -2.28. The molecule has 4 rings (SSSR count). The van der Waals surface area contributed by atoms with Crippen LogP contribution in [0.25, 0.3) is 11.0 Å². The highest BCUT2D eigenvalue weighted by molar-refractivity contribution is 6.04. The summed E-state index contributed by atoms with van der Waals surface area (Å²) in [5.41, 5.74) is 4.19. The highest BCUT2D eigenvalue weighted by Gasteiger charge is 2.20. The van der Waals surface area contributed by atoms with E-state index >= 15 is 0 Å². The highest BCUT2D eigenvalue weighted by Crippen LogP contribution is 2.21. The second kappa shape index (κ2) is 10.1. The van der Waals surface area contributed by atoms with Crippen molar-refractivity contribution in [2.75, 3.05) is 68.7 Å². The van der Waals surface area contributed by atoms with E-state index in [0.29, 0.717) is 56.9 Å². The lowest BCUT2D eigenvalue weighted by Crippen LogP contribution is -2.38. The fraction of sp³-hybridized carbons (Fsp3) is 0.435. The molecule has 2 aromatic heterocycles. The van der Waals surface area contributed by atoms with E-state index in [1.165, 1.54) is 0 Å². The first-order valence-electron chi connectivity index (χ1n) is 10.9. The summed E-state index contributed by atoms with van der Waals surface area (Å²) in [4.78, 5) is 35.5. The van der Waals surface area contributed by atoms with E-state index in [1.807, 2.05) is 48.9 Å². The number of benzene rings is 1. The van der Waals surface area contributed by atoms with Crippen molar-refractivity contribution in [1.29, 1.82) is 0 Å². The van der Waals surface area contributed by atoms with E-state index in [9.17, 15) is 4.79 Å². The molecule has 0 saturated carbocycles. The maximum absolute atomic E-state index is 13.2. The lowest BCUT2D eigenvalue weighted by molar-refractivity contribution is 0.102. The highest BCUT2D eigenvalue weighted by atomic mass is 16.5. The summed E-state index contributed by atoms with van der Waals surface area (Å²) in [6.07, 6.45) is 0. The number of nitrogens with one attached hydrogen (secondary N) is 1. The summed E-state index contributed by atoms with van der Waals surface area (Å²) < 4.78 is 10.6. The fourth-order valence-electron chi connectivity index (χ4n) is 3.49. The minimum atomic E-state index is -0.315. The lowest BCUT2D eigenvalue weighted by atomic mass is 10.2. The number of amides is 1. The minimum absolute atomic E-state index is 0.289. The van der Waals surface area contributed by atoms with Crippen LogP contribution in [0.4, 0.5) is 17.5 Å². The van der Waals surface area contributed by atoms with Crippen LogP contribution in [0.3, 0.4) is 0 Å². The Morgan fingerprint density at radius 1 is 1.09 bits per heavy atom. The summed E-state index contributed by atoms with van der Waals surface area (Å²) in [7, 11) is 3.57. The van der Waals surface area contributed by atoms with Crippen molar-refractivity contribution in [3.05, 3.63) is 41.3 Å². The number of morpholine rings is 1. The number of nitrogens with zero attached hydrogens (tertiary/aromatic N) is 6. The third kappa shape index (κ3) is 5.35. The molecule has 0 radical (unpaired) electrons. The van der Waals surface area contributed by atoms with Crippen LogP contribution in [0.1, 0.15) is 21.9 Å². The van der Waals surface area contributed by atoms with E-state index in [-0.39, 0.29) is 11.6 Å². The van der Waals surface area contributed by atoms with Gasteiger partial charge >= 0.3 is 0 Å². The van der Waals surface area contributed by atoms with Crippen LogP contribution < -0.4 is 15.1 Å². The number of rotatable bonds is 7. The van der Waals surface area contributed by atoms with Gasteiger partial charge in [-0.15, -0.1) is 0 Å². The number of likely N-dealkylation sites (N-methyl/N-ethyl adjacent to an activating group) is 1. The summed E-state index contributed by atoms with van der Waals surface area (Å²) in [5.74, 6) is 0.856. The molecule has 3 heterocycles. The zero-order valence-electron chi connectivity index (χ0n) is 19.5. The molecule has 10 heteroatoms. The third-order valence-corrected chi connectivity index (χ3v) is 5.58. The van der Waals surface area contributed by atoms with Crippen molar-refractivity contribution in [2.24, 2.45) is 0 Å². The largest absolute Gasteiger partial charge is 0.383 e. The molecule has 0 atom stereocenters. The van der Waals surface area contributed by atoms with Gasteiger partial charge in [0.05, 0.1) is 42.2 Å². The molecule has 33 heavy (non-hydrogen) atoms. The molecule has 1 aliphatic heterocycles.